The standard InChI is InChI=1S/C10H13FN2O.ClH/c11-9-7-8(14)1-2-10(9)13-5-3-12-4-6-13;/h1-2,7,12,14H,3-6H2;1H. The Morgan fingerprint density at radius 1 is 1.27 bits per heavy atom. The monoisotopic (exact) mass is 232 g/mol. The summed E-state index contributed by atoms with van der Waals surface area (Å²) in [5.74, 6) is -0.381. The minimum absolute atomic E-state index is 0. The first-order chi connectivity index (χ1) is 6.77. The Hall–Kier alpha value is -1.00. The van der Waals surface area contributed by atoms with Gasteiger partial charge in [0, 0.05) is 32.2 Å². The average Bonchev–Trinajstić information content (AvgIpc) is 2.19. The van der Waals surface area contributed by atoms with Crippen LogP contribution in [0.1, 0.15) is 0 Å². The Kier molecular flexibility index (Phi) is 4.17. The highest BCUT2D eigenvalue weighted by molar-refractivity contribution is 5.85. The molecule has 2 rings (SSSR count). The maximum absolute atomic E-state index is 13.4. The number of phenols is 1. The molecule has 1 saturated heterocycles. The van der Waals surface area contributed by atoms with E-state index in [0.29, 0.717) is 5.69 Å². The first-order valence-corrected chi connectivity index (χ1v) is 4.71. The smallest absolute Gasteiger partial charge is 0.150 e. The number of hydrogen-bond donors (Lipinski definition) is 2. The normalized spacial score (nSPS) is 15.9. The first kappa shape index (κ1) is 12.1. The Morgan fingerprint density at radius 2 is 1.93 bits per heavy atom. The van der Waals surface area contributed by atoms with Crippen LogP contribution in [0.4, 0.5) is 10.1 Å². The fourth-order valence-corrected chi connectivity index (χ4v) is 1.66. The number of nitrogens with zero attached hydrogens (tertiary/aromatic N) is 1. The highest BCUT2D eigenvalue weighted by atomic mass is 35.5. The molecule has 15 heavy (non-hydrogen) atoms. The van der Waals surface area contributed by atoms with Crippen molar-refractivity contribution in [1.29, 1.82) is 0 Å². The summed E-state index contributed by atoms with van der Waals surface area (Å²) in [5.41, 5.74) is 0.573. The molecule has 0 aromatic heterocycles. The van der Waals surface area contributed by atoms with E-state index < -0.39 is 0 Å². The number of aromatic hydroxyl groups is 1. The number of hydrogen-bond acceptors (Lipinski definition) is 3. The molecule has 84 valence electrons. The molecule has 1 aromatic rings. The minimum atomic E-state index is -0.355. The number of nitrogens with one attached hydrogen (secondary N) is 1. The van der Waals surface area contributed by atoms with E-state index in [1.54, 1.807) is 6.07 Å². The van der Waals surface area contributed by atoms with Crippen LogP contribution in [0.5, 0.6) is 5.75 Å². The van der Waals surface area contributed by atoms with Crippen molar-refractivity contribution in [1.82, 2.24) is 5.32 Å². The van der Waals surface area contributed by atoms with Crippen LogP contribution in [-0.2, 0) is 0 Å². The highest BCUT2D eigenvalue weighted by Crippen LogP contribution is 2.23. The zero-order valence-corrected chi connectivity index (χ0v) is 9.06. The molecule has 0 unspecified atom stereocenters. The molecule has 0 bridgehead atoms. The summed E-state index contributed by atoms with van der Waals surface area (Å²) in [6, 6.07) is 4.29. The van der Waals surface area contributed by atoms with Crippen LogP contribution in [0.25, 0.3) is 0 Å². The molecule has 1 aliphatic heterocycles. The topological polar surface area (TPSA) is 35.5 Å². The van der Waals surface area contributed by atoms with Crippen molar-refractivity contribution >= 4 is 18.1 Å². The summed E-state index contributed by atoms with van der Waals surface area (Å²) in [4.78, 5) is 1.98. The summed E-state index contributed by atoms with van der Waals surface area (Å²) in [6.45, 7) is 3.37. The molecule has 1 fully saturated rings. The molecular weight excluding hydrogens is 219 g/mol. The van der Waals surface area contributed by atoms with Gasteiger partial charge in [-0.15, -0.1) is 12.4 Å². The SMILES string of the molecule is Cl.Oc1ccc(N2CCNCC2)c(F)c1. The maximum Gasteiger partial charge on any atom is 0.150 e. The third-order valence-corrected chi connectivity index (χ3v) is 2.39. The summed E-state index contributed by atoms with van der Waals surface area (Å²) in [5, 5.41) is 12.3. The van der Waals surface area contributed by atoms with Crippen LogP contribution in [0.15, 0.2) is 18.2 Å². The van der Waals surface area contributed by atoms with Gasteiger partial charge in [-0.1, -0.05) is 0 Å². The zero-order chi connectivity index (χ0) is 9.97. The lowest BCUT2D eigenvalue weighted by molar-refractivity contribution is 0.468. The highest BCUT2D eigenvalue weighted by Gasteiger charge is 2.14. The van der Waals surface area contributed by atoms with Gasteiger partial charge in [0.1, 0.15) is 11.6 Å². The molecule has 5 heteroatoms. The van der Waals surface area contributed by atoms with Gasteiger partial charge in [-0.25, -0.2) is 4.39 Å². The van der Waals surface area contributed by atoms with Crippen molar-refractivity contribution in [3.8, 4) is 5.75 Å². The quantitative estimate of drug-likeness (QED) is 0.768. The van der Waals surface area contributed by atoms with Crippen molar-refractivity contribution in [2.45, 2.75) is 0 Å². The fraction of sp³-hybridized carbons (Fsp3) is 0.400. The van der Waals surface area contributed by atoms with Crippen LogP contribution in [0.3, 0.4) is 0 Å². The van der Waals surface area contributed by atoms with Gasteiger partial charge in [0.25, 0.3) is 0 Å². The molecule has 0 aliphatic carbocycles. The van der Waals surface area contributed by atoms with Gasteiger partial charge in [-0.05, 0) is 12.1 Å². The van der Waals surface area contributed by atoms with Gasteiger partial charge < -0.3 is 15.3 Å². The van der Waals surface area contributed by atoms with Crippen LogP contribution < -0.4 is 10.2 Å². The summed E-state index contributed by atoms with van der Waals surface area (Å²) < 4.78 is 13.4. The van der Waals surface area contributed by atoms with Crippen molar-refractivity contribution in [3.05, 3.63) is 24.0 Å². The Balaban J connectivity index is 0.00000112. The van der Waals surface area contributed by atoms with E-state index in [4.69, 9.17) is 5.11 Å². The van der Waals surface area contributed by atoms with Gasteiger partial charge in [-0.2, -0.15) is 0 Å². The molecule has 2 N–H and O–H groups in total. The first-order valence-electron chi connectivity index (χ1n) is 4.71. The predicted molar refractivity (Wildman–Crippen MR) is 60.4 cm³/mol. The van der Waals surface area contributed by atoms with E-state index in [1.165, 1.54) is 6.07 Å². The zero-order valence-electron chi connectivity index (χ0n) is 8.24. The van der Waals surface area contributed by atoms with Gasteiger partial charge in [0.05, 0.1) is 5.69 Å². The van der Waals surface area contributed by atoms with Crippen LogP contribution >= 0.6 is 12.4 Å². The van der Waals surface area contributed by atoms with Crippen LogP contribution in [0.2, 0.25) is 0 Å². The van der Waals surface area contributed by atoms with Crippen molar-refractivity contribution < 1.29 is 9.50 Å². The van der Waals surface area contributed by atoms with Crippen molar-refractivity contribution in [2.75, 3.05) is 31.1 Å². The van der Waals surface area contributed by atoms with E-state index in [1.807, 2.05) is 4.90 Å². The summed E-state index contributed by atoms with van der Waals surface area (Å²) in [7, 11) is 0. The third-order valence-electron chi connectivity index (χ3n) is 2.39. The van der Waals surface area contributed by atoms with Gasteiger partial charge in [0.2, 0.25) is 0 Å². The maximum atomic E-state index is 13.4. The van der Waals surface area contributed by atoms with Crippen molar-refractivity contribution in [3.63, 3.8) is 0 Å². The Morgan fingerprint density at radius 3 is 2.53 bits per heavy atom. The molecule has 0 spiro atoms. The molecule has 0 amide bonds. The number of phenolic OH excluding ortho intramolecular Hbond substituents is 1. The number of rotatable bonds is 1. The number of piperazine rings is 1. The molecule has 1 aromatic carbocycles. The van der Waals surface area contributed by atoms with E-state index in [-0.39, 0.29) is 24.0 Å². The Labute approximate surface area is 94.3 Å². The molecule has 1 heterocycles. The molecular formula is C10H14ClFN2O. The minimum Gasteiger partial charge on any atom is -0.508 e. The lowest BCUT2D eigenvalue weighted by Crippen LogP contribution is -2.43. The average molecular weight is 233 g/mol. The molecule has 1 aliphatic rings. The predicted octanol–water partition coefficient (Wildman–Crippen LogP) is 1.36. The fourth-order valence-electron chi connectivity index (χ4n) is 1.66. The third kappa shape index (κ3) is 2.73. The number of halogens is 2. The van der Waals surface area contributed by atoms with Gasteiger partial charge >= 0.3 is 0 Å². The lowest BCUT2D eigenvalue weighted by atomic mass is 10.2. The molecule has 0 saturated carbocycles. The second-order valence-electron chi connectivity index (χ2n) is 3.37. The summed E-state index contributed by atoms with van der Waals surface area (Å²) in [6.07, 6.45) is 0. The van der Waals surface area contributed by atoms with E-state index in [9.17, 15) is 4.39 Å². The molecule has 0 atom stereocenters. The number of anilines is 1. The molecule has 0 radical (unpaired) electrons. The van der Waals surface area contributed by atoms with E-state index in [2.05, 4.69) is 5.32 Å². The molecule has 3 nitrogen and oxygen atoms in total. The van der Waals surface area contributed by atoms with E-state index in [0.717, 1.165) is 32.2 Å². The van der Waals surface area contributed by atoms with Gasteiger partial charge in [0.15, 0.2) is 0 Å². The number of benzene rings is 1. The Bertz CT molecular complexity index is 329. The van der Waals surface area contributed by atoms with Crippen molar-refractivity contribution in [2.24, 2.45) is 0 Å². The van der Waals surface area contributed by atoms with Crippen LogP contribution in [-0.4, -0.2) is 31.3 Å². The van der Waals surface area contributed by atoms with Crippen LogP contribution in [0, 0.1) is 5.82 Å². The summed E-state index contributed by atoms with van der Waals surface area (Å²) >= 11 is 0. The second kappa shape index (κ2) is 5.19. The van der Waals surface area contributed by atoms with Gasteiger partial charge in [-0.3, -0.25) is 0 Å². The lowest BCUT2D eigenvalue weighted by Gasteiger charge is -2.29. The van der Waals surface area contributed by atoms with E-state index >= 15 is 0 Å². The largest absolute Gasteiger partial charge is 0.508 e. The second-order valence-corrected chi connectivity index (χ2v) is 3.37.